The number of hydrogen-bond donors (Lipinski definition) is 0. The Morgan fingerprint density at radius 3 is 2.93 bits per heavy atom. The highest BCUT2D eigenvalue weighted by Crippen LogP contribution is 2.18. The molecule has 4 nitrogen and oxygen atoms in total. The number of aromatic nitrogens is 4. The van der Waals surface area contributed by atoms with Crippen LogP contribution in [-0.4, -0.2) is 20.2 Å². The molecule has 0 amide bonds. The van der Waals surface area contributed by atoms with Gasteiger partial charge in [0, 0.05) is 11.6 Å². The molecule has 2 heterocycles. The molecule has 0 aliphatic heterocycles. The Morgan fingerprint density at radius 2 is 1.93 bits per heavy atom. The SMILES string of the molecule is c1cnnc2c(c1)ccc1ncnc12. The average molecular weight is 182 g/mol. The van der Waals surface area contributed by atoms with E-state index in [1.807, 2.05) is 24.3 Å². The van der Waals surface area contributed by atoms with Crippen molar-refractivity contribution in [1.82, 2.24) is 20.2 Å². The fourth-order valence-corrected chi connectivity index (χ4v) is 1.48. The van der Waals surface area contributed by atoms with Crippen molar-refractivity contribution in [3.8, 4) is 0 Å². The highest BCUT2D eigenvalue weighted by molar-refractivity contribution is 6.00. The van der Waals surface area contributed by atoms with Crippen LogP contribution in [0.1, 0.15) is 0 Å². The van der Waals surface area contributed by atoms with Crippen LogP contribution >= 0.6 is 0 Å². The molecule has 0 unspecified atom stereocenters. The van der Waals surface area contributed by atoms with E-state index >= 15 is 0 Å². The summed E-state index contributed by atoms with van der Waals surface area (Å²) < 4.78 is 0. The largest absolute Gasteiger partial charge is 0.235 e. The van der Waals surface area contributed by atoms with Crippen LogP contribution in [0.3, 0.4) is 0 Å². The van der Waals surface area contributed by atoms with Crippen molar-refractivity contribution in [2.24, 2.45) is 0 Å². The van der Waals surface area contributed by atoms with Gasteiger partial charge in [0.2, 0.25) is 0 Å². The smallest absolute Gasteiger partial charge is 0.121 e. The fraction of sp³-hybridized carbons (Fsp3) is 0. The number of benzene rings is 1. The van der Waals surface area contributed by atoms with Crippen LogP contribution < -0.4 is 0 Å². The standard InChI is InChI=1S/C10H6N4/c1-2-7-3-4-8-10(12-6-11-8)9(7)14-13-5-1/h1-6H. The molecule has 0 atom stereocenters. The third-order valence-electron chi connectivity index (χ3n) is 2.13. The maximum atomic E-state index is 4.16. The summed E-state index contributed by atoms with van der Waals surface area (Å²) in [6.45, 7) is 0. The molecule has 66 valence electrons. The van der Waals surface area contributed by atoms with Crippen LogP contribution in [0.5, 0.6) is 0 Å². The summed E-state index contributed by atoms with van der Waals surface area (Å²) >= 11 is 0. The van der Waals surface area contributed by atoms with Crippen LogP contribution in [0.15, 0.2) is 36.8 Å². The van der Waals surface area contributed by atoms with E-state index in [0.717, 1.165) is 21.9 Å². The van der Waals surface area contributed by atoms with Gasteiger partial charge in [0.25, 0.3) is 0 Å². The average Bonchev–Trinajstić information content (AvgIpc) is 2.55. The van der Waals surface area contributed by atoms with Crippen LogP contribution in [0, 0.1) is 0 Å². The zero-order valence-electron chi connectivity index (χ0n) is 7.25. The number of imidazole rings is 1. The van der Waals surface area contributed by atoms with Crippen LogP contribution in [0.2, 0.25) is 0 Å². The summed E-state index contributed by atoms with van der Waals surface area (Å²) in [4.78, 5) is 8.27. The van der Waals surface area contributed by atoms with Crippen molar-refractivity contribution >= 4 is 21.9 Å². The second-order valence-electron chi connectivity index (χ2n) is 2.97. The van der Waals surface area contributed by atoms with Crippen molar-refractivity contribution < 1.29 is 0 Å². The lowest BCUT2D eigenvalue weighted by Gasteiger charge is -1.90. The first-order chi connectivity index (χ1) is 6.95. The van der Waals surface area contributed by atoms with Gasteiger partial charge in [-0.3, -0.25) is 0 Å². The lowest BCUT2D eigenvalue weighted by molar-refractivity contribution is 1.09. The Bertz CT molecular complexity index is 606. The molecule has 0 aliphatic carbocycles. The van der Waals surface area contributed by atoms with Gasteiger partial charge in [0.15, 0.2) is 0 Å². The maximum Gasteiger partial charge on any atom is 0.121 e. The molecule has 3 aromatic rings. The van der Waals surface area contributed by atoms with Crippen LogP contribution in [0.4, 0.5) is 0 Å². The molecule has 0 bridgehead atoms. The fourth-order valence-electron chi connectivity index (χ4n) is 1.48. The minimum absolute atomic E-state index is 0.796. The monoisotopic (exact) mass is 182 g/mol. The maximum absolute atomic E-state index is 4.16. The quantitative estimate of drug-likeness (QED) is 0.529. The van der Waals surface area contributed by atoms with Crippen molar-refractivity contribution in [3.63, 3.8) is 0 Å². The molecular weight excluding hydrogens is 176 g/mol. The summed E-state index contributed by atoms with van der Waals surface area (Å²) in [5.74, 6) is 0. The first kappa shape index (κ1) is 7.32. The highest BCUT2D eigenvalue weighted by Gasteiger charge is 2.02. The molecular formula is C10H6N4. The lowest BCUT2D eigenvalue weighted by atomic mass is 10.2. The molecule has 0 fully saturated rings. The van der Waals surface area contributed by atoms with E-state index in [4.69, 9.17) is 0 Å². The molecule has 0 saturated heterocycles. The highest BCUT2D eigenvalue weighted by atomic mass is 15.1. The Hall–Kier alpha value is -2.10. The first-order valence-electron chi connectivity index (χ1n) is 4.26. The van der Waals surface area contributed by atoms with Gasteiger partial charge in [0.05, 0.1) is 5.52 Å². The lowest BCUT2D eigenvalue weighted by Crippen LogP contribution is -1.78. The Morgan fingerprint density at radius 1 is 0.929 bits per heavy atom. The third kappa shape index (κ3) is 0.939. The molecule has 14 heavy (non-hydrogen) atoms. The second kappa shape index (κ2) is 2.70. The summed E-state index contributed by atoms with van der Waals surface area (Å²) in [7, 11) is 0. The van der Waals surface area contributed by atoms with Gasteiger partial charge in [-0.15, -0.1) is 5.10 Å². The number of hydrogen-bond acceptors (Lipinski definition) is 4. The predicted molar refractivity (Wildman–Crippen MR) is 52.6 cm³/mol. The van der Waals surface area contributed by atoms with Crippen molar-refractivity contribution in [1.29, 1.82) is 0 Å². The Kier molecular flexibility index (Phi) is 1.41. The normalized spacial score (nSPS) is 10.9. The summed E-state index contributed by atoms with van der Waals surface area (Å²) in [6.07, 6.45) is 3.20. The van der Waals surface area contributed by atoms with Gasteiger partial charge in [-0.25, -0.2) is 9.97 Å². The molecule has 4 heteroatoms. The minimum Gasteiger partial charge on any atom is -0.235 e. The first-order valence-corrected chi connectivity index (χ1v) is 4.26. The van der Waals surface area contributed by atoms with Gasteiger partial charge in [0.1, 0.15) is 17.4 Å². The van der Waals surface area contributed by atoms with E-state index in [2.05, 4.69) is 20.2 Å². The van der Waals surface area contributed by atoms with Gasteiger partial charge < -0.3 is 0 Å². The minimum atomic E-state index is 0.796. The van der Waals surface area contributed by atoms with Gasteiger partial charge in [-0.05, 0) is 12.1 Å². The zero-order valence-corrected chi connectivity index (χ0v) is 7.25. The zero-order chi connectivity index (χ0) is 9.38. The van der Waals surface area contributed by atoms with Gasteiger partial charge in [-0.1, -0.05) is 12.1 Å². The molecule has 0 N–H and O–H groups in total. The molecule has 0 aliphatic rings. The van der Waals surface area contributed by atoms with Crippen LogP contribution in [-0.2, 0) is 0 Å². The van der Waals surface area contributed by atoms with E-state index in [0.29, 0.717) is 0 Å². The topological polar surface area (TPSA) is 51.6 Å². The van der Waals surface area contributed by atoms with Gasteiger partial charge in [-0.2, -0.15) is 5.10 Å². The molecule has 2 aromatic heterocycles. The molecule has 1 aromatic carbocycles. The molecule has 0 saturated carbocycles. The van der Waals surface area contributed by atoms with E-state index in [1.54, 1.807) is 12.5 Å². The summed E-state index contributed by atoms with van der Waals surface area (Å²) in [5.41, 5.74) is 2.47. The number of nitrogens with zero attached hydrogens (tertiary/aromatic N) is 4. The van der Waals surface area contributed by atoms with Crippen molar-refractivity contribution in [2.45, 2.75) is 0 Å². The summed E-state index contributed by atoms with van der Waals surface area (Å²) in [5, 5.41) is 9.00. The molecule has 3 rings (SSSR count). The molecule has 0 radical (unpaired) electrons. The summed E-state index contributed by atoms with van der Waals surface area (Å²) in [6, 6.07) is 7.73. The predicted octanol–water partition coefficient (Wildman–Crippen LogP) is 1.57. The number of rotatable bonds is 0. The second-order valence-corrected chi connectivity index (χ2v) is 2.97. The van der Waals surface area contributed by atoms with Crippen LogP contribution in [0.25, 0.3) is 21.9 Å². The van der Waals surface area contributed by atoms with E-state index < -0.39 is 0 Å². The Labute approximate surface area is 79.6 Å². The van der Waals surface area contributed by atoms with E-state index in [9.17, 15) is 0 Å². The Balaban J connectivity index is 2.64. The van der Waals surface area contributed by atoms with E-state index in [1.165, 1.54) is 0 Å². The number of fused-ring (bicyclic) bond motifs is 3. The van der Waals surface area contributed by atoms with E-state index in [-0.39, 0.29) is 0 Å². The van der Waals surface area contributed by atoms with Crippen molar-refractivity contribution in [2.75, 3.05) is 0 Å². The molecule has 0 spiro atoms. The third-order valence-corrected chi connectivity index (χ3v) is 2.13. The van der Waals surface area contributed by atoms with Crippen molar-refractivity contribution in [3.05, 3.63) is 36.8 Å². The van der Waals surface area contributed by atoms with Gasteiger partial charge >= 0.3 is 0 Å².